The normalized spacial score (nSPS) is 22.2. The van der Waals surface area contributed by atoms with Crippen LogP contribution in [0.2, 0.25) is 0 Å². The molecule has 0 saturated carbocycles. The highest BCUT2D eigenvalue weighted by atomic mass is 32.1. The third-order valence-electron chi connectivity index (χ3n) is 5.33. The highest BCUT2D eigenvalue weighted by Crippen LogP contribution is 2.25. The van der Waals surface area contributed by atoms with E-state index in [0.717, 1.165) is 19.5 Å². The number of nitrogens with one attached hydrogen (secondary N) is 1. The Kier molecular flexibility index (Phi) is 4.72. The second kappa shape index (κ2) is 7.11. The van der Waals surface area contributed by atoms with Crippen molar-refractivity contribution >= 4 is 27.5 Å². The number of carbonyl (C=O) groups excluding carboxylic acids is 1. The zero-order valence-electron chi connectivity index (χ0n) is 14.0. The van der Waals surface area contributed by atoms with Gasteiger partial charge in [0.25, 0.3) is 0 Å². The number of urea groups is 1. The number of hydrogen-bond acceptors (Lipinski definition) is 3. The van der Waals surface area contributed by atoms with Crippen LogP contribution in [0.3, 0.4) is 0 Å². The van der Waals surface area contributed by atoms with E-state index in [9.17, 15) is 4.79 Å². The van der Waals surface area contributed by atoms with Gasteiger partial charge in [0.05, 0.1) is 0 Å². The van der Waals surface area contributed by atoms with Crippen molar-refractivity contribution in [2.24, 2.45) is 0 Å². The van der Waals surface area contributed by atoms with E-state index in [1.165, 1.54) is 48.0 Å². The molecule has 4 nitrogen and oxygen atoms in total. The quantitative estimate of drug-likeness (QED) is 0.923. The van der Waals surface area contributed by atoms with Gasteiger partial charge in [-0.25, -0.2) is 4.79 Å². The molecule has 2 fully saturated rings. The molecule has 2 aliphatic rings. The molecular formula is C19H25N3OS. The Labute approximate surface area is 147 Å². The van der Waals surface area contributed by atoms with Crippen LogP contribution in [0.5, 0.6) is 0 Å². The highest BCUT2D eigenvalue weighted by Gasteiger charge is 2.29. The van der Waals surface area contributed by atoms with Gasteiger partial charge in [-0.15, -0.1) is 11.3 Å². The lowest BCUT2D eigenvalue weighted by Gasteiger charge is -2.37. The summed E-state index contributed by atoms with van der Waals surface area (Å²) in [6.07, 6.45) is 4.98. The lowest BCUT2D eigenvalue weighted by atomic mass is 10.0. The number of benzene rings is 1. The first-order chi connectivity index (χ1) is 11.8. The van der Waals surface area contributed by atoms with Gasteiger partial charge in [0.2, 0.25) is 0 Å². The summed E-state index contributed by atoms with van der Waals surface area (Å²) < 4.78 is 1.29. The van der Waals surface area contributed by atoms with Crippen LogP contribution in [0.15, 0.2) is 29.6 Å². The zero-order chi connectivity index (χ0) is 16.4. The smallest absolute Gasteiger partial charge is 0.317 e. The molecule has 24 heavy (non-hydrogen) atoms. The molecule has 1 N–H and O–H groups in total. The number of hydrogen-bond donors (Lipinski definition) is 1. The van der Waals surface area contributed by atoms with E-state index in [4.69, 9.17) is 0 Å². The second-order valence-electron chi connectivity index (χ2n) is 6.90. The fourth-order valence-corrected chi connectivity index (χ4v) is 4.96. The third kappa shape index (κ3) is 3.28. The van der Waals surface area contributed by atoms with Gasteiger partial charge in [-0.05, 0) is 61.2 Å². The molecule has 0 spiro atoms. The standard InChI is InChI=1S/C19H25N3OS/c23-19(20-12-15-14-24-18-8-2-1-7-17(15)18)22-11-5-6-16(13-22)21-9-3-4-10-21/h1-2,7-8,14,16H,3-6,9-13H2,(H,20,23)/t16-/m1/s1. The van der Waals surface area contributed by atoms with Gasteiger partial charge in [-0.1, -0.05) is 18.2 Å². The number of carbonyl (C=O) groups is 1. The van der Waals surface area contributed by atoms with E-state index < -0.39 is 0 Å². The minimum atomic E-state index is 0.0918. The fourth-order valence-electron chi connectivity index (χ4n) is 4.00. The average molecular weight is 343 g/mol. The van der Waals surface area contributed by atoms with Crippen molar-refractivity contribution in [3.05, 3.63) is 35.2 Å². The van der Waals surface area contributed by atoms with Crippen LogP contribution in [0, 0.1) is 0 Å². The van der Waals surface area contributed by atoms with Crippen molar-refractivity contribution < 1.29 is 4.79 Å². The number of rotatable bonds is 3. The molecule has 2 saturated heterocycles. The average Bonchev–Trinajstić information content (AvgIpc) is 3.30. The van der Waals surface area contributed by atoms with E-state index >= 15 is 0 Å². The Bertz CT molecular complexity index is 707. The third-order valence-corrected chi connectivity index (χ3v) is 6.34. The predicted octanol–water partition coefficient (Wildman–Crippen LogP) is 3.67. The summed E-state index contributed by atoms with van der Waals surface area (Å²) >= 11 is 1.75. The van der Waals surface area contributed by atoms with Crippen LogP contribution >= 0.6 is 11.3 Å². The number of nitrogens with zero attached hydrogens (tertiary/aromatic N) is 2. The van der Waals surface area contributed by atoms with Crippen LogP contribution in [-0.2, 0) is 6.54 Å². The van der Waals surface area contributed by atoms with Crippen LogP contribution in [0.4, 0.5) is 4.79 Å². The number of thiophene rings is 1. The molecule has 2 amide bonds. The maximum atomic E-state index is 12.6. The zero-order valence-corrected chi connectivity index (χ0v) is 14.9. The summed E-state index contributed by atoms with van der Waals surface area (Å²) in [5.41, 5.74) is 1.22. The summed E-state index contributed by atoms with van der Waals surface area (Å²) in [5.74, 6) is 0. The van der Waals surface area contributed by atoms with Gasteiger partial charge in [-0.3, -0.25) is 4.90 Å². The monoisotopic (exact) mass is 343 g/mol. The van der Waals surface area contributed by atoms with E-state index in [1.54, 1.807) is 11.3 Å². The summed E-state index contributed by atoms with van der Waals surface area (Å²) in [7, 11) is 0. The molecule has 2 aromatic rings. The number of fused-ring (bicyclic) bond motifs is 1. The number of likely N-dealkylation sites (tertiary alicyclic amines) is 2. The van der Waals surface area contributed by atoms with Gasteiger partial charge in [0.15, 0.2) is 0 Å². The van der Waals surface area contributed by atoms with Crippen molar-refractivity contribution in [3.8, 4) is 0 Å². The summed E-state index contributed by atoms with van der Waals surface area (Å²) in [4.78, 5) is 17.2. The Balaban J connectivity index is 1.35. The van der Waals surface area contributed by atoms with Crippen LogP contribution in [0.1, 0.15) is 31.2 Å². The maximum absolute atomic E-state index is 12.6. The molecule has 0 radical (unpaired) electrons. The molecule has 3 heterocycles. The van der Waals surface area contributed by atoms with Crippen molar-refractivity contribution in [1.29, 1.82) is 0 Å². The van der Waals surface area contributed by atoms with Crippen LogP contribution < -0.4 is 5.32 Å². The van der Waals surface area contributed by atoms with Gasteiger partial charge >= 0.3 is 6.03 Å². The second-order valence-corrected chi connectivity index (χ2v) is 7.81. The fraction of sp³-hybridized carbons (Fsp3) is 0.526. The minimum absolute atomic E-state index is 0.0918. The molecule has 5 heteroatoms. The van der Waals surface area contributed by atoms with Crippen LogP contribution in [-0.4, -0.2) is 48.1 Å². The molecular weight excluding hydrogens is 318 g/mol. The van der Waals surface area contributed by atoms with Gasteiger partial charge in [0.1, 0.15) is 0 Å². The SMILES string of the molecule is O=C(NCc1csc2ccccc12)N1CCC[C@@H](N2CCCC2)C1. The largest absolute Gasteiger partial charge is 0.334 e. The Morgan fingerprint density at radius 2 is 2.00 bits per heavy atom. The predicted molar refractivity (Wildman–Crippen MR) is 99.5 cm³/mol. The molecule has 4 rings (SSSR count). The molecule has 1 aromatic heterocycles. The van der Waals surface area contributed by atoms with Crippen molar-refractivity contribution in [1.82, 2.24) is 15.1 Å². The van der Waals surface area contributed by atoms with E-state index in [-0.39, 0.29) is 6.03 Å². The summed E-state index contributed by atoms with van der Waals surface area (Å²) in [6.45, 7) is 4.81. The molecule has 1 atom stereocenters. The van der Waals surface area contributed by atoms with E-state index in [1.807, 2.05) is 4.90 Å². The topological polar surface area (TPSA) is 35.6 Å². The molecule has 1 aromatic carbocycles. The first-order valence-electron chi connectivity index (χ1n) is 9.03. The number of piperidine rings is 1. The first-order valence-corrected chi connectivity index (χ1v) is 9.91. The summed E-state index contributed by atoms with van der Waals surface area (Å²) in [5, 5.41) is 6.55. The Morgan fingerprint density at radius 1 is 1.17 bits per heavy atom. The van der Waals surface area contributed by atoms with Gasteiger partial charge < -0.3 is 10.2 Å². The van der Waals surface area contributed by atoms with Crippen molar-refractivity contribution in [2.75, 3.05) is 26.2 Å². The summed E-state index contributed by atoms with van der Waals surface area (Å²) in [6, 6.07) is 9.05. The Hall–Kier alpha value is -1.59. The van der Waals surface area contributed by atoms with Crippen LogP contribution in [0.25, 0.3) is 10.1 Å². The molecule has 0 unspecified atom stereocenters. The van der Waals surface area contributed by atoms with E-state index in [0.29, 0.717) is 12.6 Å². The van der Waals surface area contributed by atoms with Crippen molar-refractivity contribution in [2.45, 2.75) is 38.3 Å². The van der Waals surface area contributed by atoms with Crippen molar-refractivity contribution in [3.63, 3.8) is 0 Å². The number of amides is 2. The van der Waals surface area contributed by atoms with Gasteiger partial charge in [-0.2, -0.15) is 0 Å². The lowest BCUT2D eigenvalue weighted by molar-refractivity contribution is 0.125. The lowest BCUT2D eigenvalue weighted by Crippen LogP contribution is -2.51. The maximum Gasteiger partial charge on any atom is 0.317 e. The highest BCUT2D eigenvalue weighted by molar-refractivity contribution is 7.17. The first kappa shape index (κ1) is 15.9. The molecule has 0 bridgehead atoms. The Morgan fingerprint density at radius 3 is 2.88 bits per heavy atom. The van der Waals surface area contributed by atoms with Gasteiger partial charge in [0, 0.05) is 30.4 Å². The van der Waals surface area contributed by atoms with E-state index in [2.05, 4.69) is 39.9 Å². The molecule has 128 valence electrons. The molecule has 2 aliphatic heterocycles. The minimum Gasteiger partial charge on any atom is -0.334 e. The molecule has 0 aliphatic carbocycles.